The van der Waals surface area contributed by atoms with Gasteiger partial charge >= 0.3 is 6.61 Å². The van der Waals surface area contributed by atoms with Crippen molar-refractivity contribution in [1.82, 2.24) is 4.90 Å². The molecule has 0 spiro atoms. The SMILES string of the molecule is CCN(C[C@H]1COc2ccccc2O1)C(=O)/C=C/c1ccc(OC(F)F)c(OC)c1. The number of benzene rings is 2. The third-order valence-corrected chi connectivity index (χ3v) is 4.51. The summed E-state index contributed by atoms with van der Waals surface area (Å²) in [5.41, 5.74) is 0.615. The van der Waals surface area contributed by atoms with E-state index in [0.29, 0.717) is 36.8 Å². The number of halogens is 2. The summed E-state index contributed by atoms with van der Waals surface area (Å²) in [6, 6.07) is 11.9. The Bertz CT molecular complexity index is 903. The average Bonchev–Trinajstić information content (AvgIpc) is 2.76. The molecular formula is C22H23F2NO5. The molecule has 6 nitrogen and oxygen atoms in total. The Labute approximate surface area is 173 Å². The standard InChI is InChI=1S/C22H23F2NO5/c1-3-25(13-16-14-28-17-6-4-5-7-18(17)29-16)21(26)11-9-15-8-10-19(30-22(23)24)20(12-15)27-2/h4-12,16,22H,3,13-14H2,1-2H3/b11-9+/t16-/m0/s1. The van der Waals surface area contributed by atoms with Crippen molar-refractivity contribution in [2.24, 2.45) is 0 Å². The largest absolute Gasteiger partial charge is 0.493 e. The Morgan fingerprint density at radius 2 is 2.00 bits per heavy atom. The van der Waals surface area contributed by atoms with Gasteiger partial charge in [0.1, 0.15) is 6.61 Å². The van der Waals surface area contributed by atoms with Crippen molar-refractivity contribution >= 4 is 12.0 Å². The van der Waals surface area contributed by atoms with Crippen molar-refractivity contribution in [2.75, 3.05) is 26.8 Å². The smallest absolute Gasteiger partial charge is 0.387 e. The van der Waals surface area contributed by atoms with Gasteiger partial charge < -0.3 is 23.8 Å². The molecule has 2 aromatic rings. The summed E-state index contributed by atoms with van der Waals surface area (Å²) >= 11 is 0. The van der Waals surface area contributed by atoms with Gasteiger partial charge in [-0.2, -0.15) is 8.78 Å². The highest BCUT2D eigenvalue weighted by Crippen LogP contribution is 2.31. The summed E-state index contributed by atoms with van der Waals surface area (Å²) < 4.78 is 45.9. The number of carbonyl (C=O) groups excluding carboxylic acids is 1. The molecule has 1 aliphatic heterocycles. The van der Waals surface area contributed by atoms with Gasteiger partial charge in [0.25, 0.3) is 0 Å². The number of amides is 1. The van der Waals surface area contributed by atoms with E-state index < -0.39 is 6.61 Å². The number of fused-ring (bicyclic) bond motifs is 1. The van der Waals surface area contributed by atoms with Gasteiger partial charge in [-0.05, 0) is 42.8 Å². The molecule has 8 heteroatoms. The monoisotopic (exact) mass is 419 g/mol. The maximum atomic E-state index is 12.6. The Balaban J connectivity index is 1.63. The highest BCUT2D eigenvalue weighted by Gasteiger charge is 2.24. The zero-order valence-electron chi connectivity index (χ0n) is 16.7. The van der Waals surface area contributed by atoms with Crippen molar-refractivity contribution in [1.29, 1.82) is 0 Å². The number of alkyl halides is 2. The normalized spacial score (nSPS) is 15.3. The first-order valence-corrected chi connectivity index (χ1v) is 9.48. The van der Waals surface area contributed by atoms with Crippen molar-refractivity contribution in [3.63, 3.8) is 0 Å². The van der Waals surface area contributed by atoms with E-state index in [0.717, 1.165) is 0 Å². The number of likely N-dealkylation sites (N-methyl/N-ethyl adjacent to an activating group) is 1. The van der Waals surface area contributed by atoms with Gasteiger partial charge in [-0.15, -0.1) is 0 Å². The Morgan fingerprint density at radius 3 is 2.70 bits per heavy atom. The van der Waals surface area contributed by atoms with Gasteiger partial charge in [0.2, 0.25) is 5.91 Å². The fraction of sp³-hybridized carbons (Fsp3) is 0.318. The maximum absolute atomic E-state index is 12.6. The fourth-order valence-corrected chi connectivity index (χ4v) is 3.03. The number of methoxy groups -OCH3 is 1. The predicted octanol–water partition coefficient (Wildman–Crippen LogP) is 4.00. The van der Waals surface area contributed by atoms with Crippen molar-refractivity contribution in [3.8, 4) is 23.0 Å². The number of carbonyl (C=O) groups is 1. The quantitative estimate of drug-likeness (QED) is 0.606. The molecule has 3 rings (SSSR count). The maximum Gasteiger partial charge on any atom is 0.387 e. The molecule has 0 saturated heterocycles. The molecule has 2 aromatic carbocycles. The first kappa shape index (κ1) is 21.4. The van der Waals surface area contributed by atoms with Crippen LogP contribution in [0, 0.1) is 0 Å². The first-order valence-electron chi connectivity index (χ1n) is 9.48. The summed E-state index contributed by atoms with van der Waals surface area (Å²) in [5, 5.41) is 0. The summed E-state index contributed by atoms with van der Waals surface area (Å²) in [7, 11) is 1.36. The van der Waals surface area contributed by atoms with E-state index in [-0.39, 0.29) is 23.5 Å². The van der Waals surface area contributed by atoms with Crippen LogP contribution in [0.4, 0.5) is 8.78 Å². The summed E-state index contributed by atoms with van der Waals surface area (Å²) in [6.45, 7) is 0.155. The molecule has 1 atom stereocenters. The van der Waals surface area contributed by atoms with Crippen LogP contribution < -0.4 is 18.9 Å². The number of hydrogen-bond donors (Lipinski definition) is 0. The van der Waals surface area contributed by atoms with Crippen LogP contribution in [0.2, 0.25) is 0 Å². The second-order valence-electron chi connectivity index (χ2n) is 6.50. The lowest BCUT2D eigenvalue weighted by molar-refractivity contribution is -0.127. The lowest BCUT2D eigenvalue weighted by Gasteiger charge is -2.30. The van der Waals surface area contributed by atoms with E-state index in [9.17, 15) is 13.6 Å². The lowest BCUT2D eigenvalue weighted by atomic mass is 10.2. The van der Waals surface area contributed by atoms with E-state index in [4.69, 9.17) is 14.2 Å². The Morgan fingerprint density at radius 1 is 1.23 bits per heavy atom. The molecule has 1 heterocycles. The van der Waals surface area contributed by atoms with E-state index in [1.54, 1.807) is 17.0 Å². The van der Waals surface area contributed by atoms with Crippen LogP contribution in [-0.4, -0.2) is 50.3 Å². The minimum Gasteiger partial charge on any atom is -0.493 e. The lowest BCUT2D eigenvalue weighted by Crippen LogP contribution is -2.43. The van der Waals surface area contributed by atoms with E-state index in [1.807, 2.05) is 31.2 Å². The van der Waals surface area contributed by atoms with Gasteiger partial charge in [-0.1, -0.05) is 18.2 Å². The number of para-hydroxylation sites is 2. The minimum absolute atomic E-state index is 0.0686. The van der Waals surface area contributed by atoms with Gasteiger partial charge in [-0.25, -0.2) is 0 Å². The predicted molar refractivity (Wildman–Crippen MR) is 107 cm³/mol. The molecule has 0 fully saturated rings. The van der Waals surface area contributed by atoms with E-state index >= 15 is 0 Å². The van der Waals surface area contributed by atoms with Gasteiger partial charge in [0.15, 0.2) is 29.1 Å². The number of ether oxygens (including phenoxy) is 4. The second kappa shape index (κ2) is 9.96. The van der Waals surface area contributed by atoms with Gasteiger partial charge in [-0.3, -0.25) is 4.79 Å². The number of rotatable bonds is 8. The van der Waals surface area contributed by atoms with Crippen LogP contribution >= 0.6 is 0 Å². The van der Waals surface area contributed by atoms with Crippen LogP contribution in [-0.2, 0) is 4.79 Å². The molecule has 1 aliphatic rings. The molecule has 30 heavy (non-hydrogen) atoms. The van der Waals surface area contributed by atoms with Crippen LogP contribution in [0.3, 0.4) is 0 Å². The third-order valence-electron chi connectivity index (χ3n) is 4.51. The fourth-order valence-electron chi connectivity index (χ4n) is 3.03. The molecule has 1 amide bonds. The van der Waals surface area contributed by atoms with Gasteiger partial charge in [0, 0.05) is 12.6 Å². The highest BCUT2D eigenvalue weighted by molar-refractivity contribution is 5.91. The van der Waals surface area contributed by atoms with Crippen molar-refractivity contribution < 1.29 is 32.5 Å². The minimum atomic E-state index is -2.95. The molecule has 0 bridgehead atoms. The average molecular weight is 419 g/mol. The Kier molecular flexibility index (Phi) is 7.11. The second-order valence-corrected chi connectivity index (χ2v) is 6.50. The Hall–Kier alpha value is -3.29. The molecule has 0 N–H and O–H groups in total. The molecule has 160 valence electrons. The van der Waals surface area contributed by atoms with Crippen LogP contribution in [0.25, 0.3) is 6.08 Å². The molecule has 0 unspecified atom stereocenters. The topological polar surface area (TPSA) is 57.2 Å². The third kappa shape index (κ3) is 5.40. The summed E-state index contributed by atoms with van der Waals surface area (Å²) in [4.78, 5) is 14.3. The summed E-state index contributed by atoms with van der Waals surface area (Å²) in [5.74, 6) is 1.23. The summed E-state index contributed by atoms with van der Waals surface area (Å²) in [6.07, 6.45) is 2.74. The zero-order chi connectivity index (χ0) is 21.5. The number of hydrogen-bond acceptors (Lipinski definition) is 5. The molecular weight excluding hydrogens is 396 g/mol. The molecule has 0 aliphatic carbocycles. The van der Waals surface area contributed by atoms with Crippen molar-refractivity contribution in [2.45, 2.75) is 19.6 Å². The zero-order valence-corrected chi connectivity index (χ0v) is 16.7. The van der Waals surface area contributed by atoms with Crippen molar-refractivity contribution in [3.05, 3.63) is 54.1 Å². The van der Waals surface area contributed by atoms with E-state index in [2.05, 4.69) is 4.74 Å². The number of nitrogens with zero attached hydrogens (tertiary/aromatic N) is 1. The molecule has 0 aromatic heterocycles. The van der Waals surface area contributed by atoms with E-state index in [1.165, 1.54) is 25.3 Å². The highest BCUT2D eigenvalue weighted by atomic mass is 19.3. The molecule has 0 saturated carbocycles. The molecule has 0 radical (unpaired) electrons. The van der Waals surface area contributed by atoms with Gasteiger partial charge in [0.05, 0.1) is 13.7 Å². The van der Waals surface area contributed by atoms with Crippen LogP contribution in [0.15, 0.2) is 48.5 Å². The van der Waals surface area contributed by atoms with Crippen LogP contribution in [0.1, 0.15) is 12.5 Å². The van der Waals surface area contributed by atoms with Crippen LogP contribution in [0.5, 0.6) is 23.0 Å². The first-order chi connectivity index (χ1) is 14.5.